The second kappa shape index (κ2) is 7.75. The molecule has 0 heterocycles. The molecule has 0 aliphatic carbocycles. The van der Waals surface area contributed by atoms with E-state index >= 15 is 0 Å². The van der Waals surface area contributed by atoms with Gasteiger partial charge in [0.1, 0.15) is 0 Å². The first-order valence-corrected chi connectivity index (χ1v) is 7.84. The van der Waals surface area contributed by atoms with Crippen molar-refractivity contribution in [2.75, 3.05) is 5.32 Å². The maximum Gasteiger partial charge on any atom is 0.257 e. The van der Waals surface area contributed by atoms with Gasteiger partial charge in [-0.3, -0.25) is 9.59 Å². The lowest BCUT2D eigenvalue weighted by Crippen LogP contribution is -2.30. The van der Waals surface area contributed by atoms with Gasteiger partial charge in [0.25, 0.3) is 11.8 Å². The maximum atomic E-state index is 12.2. The fraction of sp³-hybridized carbons (Fsp3) is 0.263. The van der Waals surface area contributed by atoms with Crippen molar-refractivity contribution in [2.24, 2.45) is 0 Å². The smallest absolute Gasteiger partial charge is 0.257 e. The lowest BCUT2D eigenvalue weighted by molar-refractivity contribution is -0.124. The van der Waals surface area contributed by atoms with Gasteiger partial charge in [0.2, 0.25) is 0 Å². The van der Waals surface area contributed by atoms with E-state index in [4.69, 9.17) is 0 Å². The Balaban J connectivity index is 2.10. The van der Waals surface area contributed by atoms with Gasteiger partial charge in [0.05, 0.1) is 0 Å². The molecule has 0 saturated carbocycles. The molecule has 2 aromatic rings. The first-order chi connectivity index (χ1) is 11.4. The first kappa shape index (κ1) is 17.7. The number of aryl methyl sites for hydroxylation is 1. The summed E-state index contributed by atoms with van der Waals surface area (Å²) in [4.78, 5) is 24.2. The molecule has 0 aliphatic heterocycles. The largest absolute Gasteiger partial charge is 0.378 e. The quantitative estimate of drug-likeness (QED) is 0.790. The highest BCUT2D eigenvalue weighted by Gasteiger charge is 2.18. The molecule has 0 fully saturated rings. The van der Waals surface area contributed by atoms with E-state index in [1.165, 1.54) is 0 Å². The van der Waals surface area contributed by atoms with Gasteiger partial charge in [-0.05, 0) is 50.1 Å². The highest BCUT2D eigenvalue weighted by molar-refractivity contribution is 5.98. The van der Waals surface area contributed by atoms with E-state index in [0.717, 1.165) is 5.56 Å². The topological polar surface area (TPSA) is 78.4 Å². The fourth-order valence-corrected chi connectivity index (χ4v) is 2.28. The molecule has 2 aromatic carbocycles. The number of rotatable bonds is 5. The minimum absolute atomic E-state index is 0.0539. The lowest BCUT2D eigenvalue weighted by atomic mass is 10.1. The van der Waals surface area contributed by atoms with Crippen LogP contribution >= 0.6 is 0 Å². The van der Waals surface area contributed by atoms with E-state index in [-0.39, 0.29) is 11.9 Å². The highest BCUT2D eigenvalue weighted by atomic mass is 16.3. The summed E-state index contributed by atoms with van der Waals surface area (Å²) in [7, 11) is 0. The van der Waals surface area contributed by atoms with Crippen LogP contribution in [0.3, 0.4) is 0 Å². The molecule has 5 heteroatoms. The van der Waals surface area contributed by atoms with Crippen LogP contribution in [-0.2, 0) is 4.79 Å². The van der Waals surface area contributed by atoms with Crippen LogP contribution in [0.1, 0.15) is 41.4 Å². The van der Waals surface area contributed by atoms with Gasteiger partial charge in [0.15, 0.2) is 6.10 Å². The summed E-state index contributed by atoms with van der Waals surface area (Å²) >= 11 is 0. The number of anilines is 1. The summed E-state index contributed by atoms with van der Waals surface area (Å²) in [5, 5.41) is 15.6. The average Bonchev–Trinajstić information content (AvgIpc) is 2.56. The monoisotopic (exact) mass is 326 g/mol. The van der Waals surface area contributed by atoms with E-state index in [2.05, 4.69) is 10.6 Å². The summed E-state index contributed by atoms with van der Waals surface area (Å²) in [5.41, 5.74) is 2.37. The zero-order chi connectivity index (χ0) is 17.7. The number of carbonyl (C=O) groups is 2. The van der Waals surface area contributed by atoms with Crippen molar-refractivity contribution in [1.82, 2.24) is 5.32 Å². The molecular weight excluding hydrogens is 304 g/mol. The van der Waals surface area contributed by atoms with E-state index < -0.39 is 12.0 Å². The van der Waals surface area contributed by atoms with Crippen molar-refractivity contribution in [3.05, 3.63) is 65.2 Å². The number of carbonyl (C=O) groups excluding carboxylic acids is 2. The molecule has 1 unspecified atom stereocenters. The lowest BCUT2D eigenvalue weighted by Gasteiger charge is -2.14. The summed E-state index contributed by atoms with van der Waals surface area (Å²) in [6.45, 7) is 5.59. The molecule has 0 spiro atoms. The second-order valence-electron chi connectivity index (χ2n) is 5.96. The van der Waals surface area contributed by atoms with Crippen LogP contribution < -0.4 is 10.6 Å². The molecule has 2 amide bonds. The molecule has 0 bridgehead atoms. The van der Waals surface area contributed by atoms with Crippen LogP contribution in [0, 0.1) is 6.92 Å². The van der Waals surface area contributed by atoms with Crippen LogP contribution in [0.25, 0.3) is 0 Å². The molecule has 5 nitrogen and oxygen atoms in total. The molecule has 1 atom stereocenters. The standard InChI is InChI=1S/C19H22N2O3/c1-12(2)20-18(23)15-9-10-16(13(3)11-15)21-19(24)17(22)14-7-5-4-6-8-14/h4-12,17,22H,1-3H3,(H,20,23)(H,21,24). The Labute approximate surface area is 141 Å². The average molecular weight is 326 g/mol. The van der Waals surface area contributed by atoms with Crippen LogP contribution in [0.15, 0.2) is 48.5 Å². The SMILES string of the molecule is Cc1cc(C(=O)NC(C)C)ccc1NC(=O)C(O)c1ccccc1. The molecule has 3 N–H and O–H groups in total. The van der Waals surface area contributed by atoms with E-state index in [0.29, 0.717) is 16.8 Å². The molecule has 0 saturated heterocycles. The van der Waals surface area contributed by atoms with Crippen molar-refractivity contribution < 1.29 is 14.7 Å². The van der Waals surface area contributed by atoms with Crippen molar-refractivity contribution >= 4 is 17.5 Å². The molecule has 24 heavy (non-hydrogen) atoms. The van der Waals surface area contributed by atoms with Crippen LogP contribution in [0.5, 0.6) is 0 Å². The van der Waals surface area contributed by atoms with Gasteiger partial charge >= 0.3 is 0 Å². The number of nitrogens with one attached hydrogen (secondary N) is 2. The highest BCUT2D eigenvalue weighted by Crippen LogP contribution is 2.20. The van der Waals surface area contributed by atoms with Crippen LogP contribution in [0.4, 0.5) is 5.69 Å². The van der Waals surface area contributed by atoms with Crippen LogP contribution in [-0.4, -0.2) is 23.0 Å². The summed E-state index contributed by atoms with van der Waals surface area (Å²) < 4.78 is 0. The number of aliphatic hydroxyl groups is 1. The van der Waals surface area contributed by atoms with Gasteiger partial charge in [-0.1, -0.05) is 30.3 Å². The third-order valence-electron chi connectivity index (χ3n) is 3.53. The predicted molar refractivity (Wildman–Crippen MR) is 93.8 cm³/mol. The van der Waals surface area contributed by atoms with E-state index in [9.17, 15) is 14.7 Å². The van der Waals surface area contributed by atoms with E-state index in [1.54, 1.807) is 49.4 Å². The van der Waals surface area contributed by atoms with Gasteiger partial charge < -0.3 is 15.7 Å². The van der Waals surface area contributed by atoms with Gasteiger partial charge in [-0.15, -0.1) is 0 Å². The Morgan fingerprint density at radius 2 is 1.71 bits per heavy atom. The van der Waals surface area contributed by atoms with Crippen molar-refractivity contribution in [3.63, 3.8) is 0 Å². The second-order valence-corrected chi connectivity index (χ2v) is 5.96. The van der Waals surface area contributed by atoms with E-state index in [1.807, 2.05) is 19.9 Å². The predicted octanol–water partition coefficient (Wildman–Crippen LogP) is 2.81. The Morgan fingerprint density at radius 1 is 1.04 bits per heavy atom. The van der Waals surface area contributed by atoms with Gasteiger partial charge in [-0.25, -0.2) is 0 Å². The molecule has 0 aliphatic rings. The third kappa shape index (κ3) is 4.43. The van der Waals surface area contributed by atoms with Crippen LogP contribution in [0.2, 0.25) is 0 Å². The number of aliphatic hydroxyl groups excluding tert-OH is 1. The third-order valence-corrected chi connectivity index (χ3v) is 3.53. The van der Waals surface area contributed by atoms with Crippen molar-refractivity contribution in [3.8, 4) is 0 Å². The number of hydrogen-bond acceptors (Lipinski definition) is 3. The first-order valence-electron chi connectivity index (χ1n) is 7.84. The normalized spacial score (nSPS) is 11.9. The summed E-state index contributed by atoms with van der Waals surface area (Å²) in [5.74, 6) is -0.668. The van der Waals surface area contributed by atoms with Crippen molar-refractivity contribution in [2.45, 2.75) is 32.9 Å². The van der Waals surface area contributed by atoms with Gasteiger partial charge in [-0.2, -0.15) is 0 Å². The zero-order valence-corrected chi connectivity index (χ0v) is 14.0. The van der Waals surface area contributed by atoms with Crippen molar-refractivity contribution in [1.29, 1.82) is 0 Å². The molecule has 126 valence electrons. The summed E-state index contributed by atoms with van der Waals surface area (Å²) in [6, 6.07) is 13.8. The number of hydrogen-bond donors (Lipinski definition) is 3. The number of benzene rings is 2. The van der Waals surface area contributed by atoms with Gasteiger partial charge in [0, 0.05) is 17.3 Å². The molecule has 0 aromatic heterocycles. The Kier molecular flexibility index (Phi) is 5.71. The maximum absolute atomic E-state index is 12.2. The Bertz CT molecular complexity index is 727. The molecular formula is C19H22N2O3. The summed E-state index contributed by atoms with van der Waals surface area (Å²) in [6.07, 6.45) is -1.24. The Hall–Kier alpha value is -2.66. The Morgan fingerprint density at radius 3 is 2.29 bits per heavy atom. The molecule has 2 rings (SSSR count). The minimum Gasteiger partial charge on any atom is -0.378 e. The molecule has 0 radical (unpaired) electrons. The minimum atomic E-state index is -1.24. The fourth-order valence-electron chi connectivity index (χ4n) is 2.28. The zero-order valence-electron chi connectivity index (χ0n) is 14.0. The number of amides is 2.